The Bertz CT molecular complexity index is 786. The molecule has 0 aliphatic rings. The Labute approximate surface area is 130 Å². The number of aromatic nitrogens is 1. The molecule has 9 heteroatoms. The van der Waals surface area contributed by atoms with Crippen molar-refractivity contribution in [1.82, 2.24) is 4.98 Å². The van der Waals surface area contributed by atoms with Gasteiger partial charge in [-0.1, -0.05) is 17.7 Å². The zero-order valence-corrected chi connectivity index (χ0v) is 13.5. The molecule has 0 aromatic carbocycles. The first-order valence-corrected chi connectivity index (χ1v) is 8.35. The second-order valence-corrected chi connectivity index (χ2v) is 7.34. The third-order valence-electron chi connectivity index (χ3n) is 2.46. The zero-order valence-electron chi connectivity index (χ0n) is 11.1. The lowest BCUT2D eigenvalue weighted by molar-refractivity contribution is 0.0602. The molecule has 0 unspecified atom stereocenters. The van der Waals surface area contributed by atoms with Crippen LogP contribution in [-0.4, -0.2) is 26.5 Å². The van der Waals surface area contributed by atoms with Gasteiger partial charge in [-0.05, 0) is 25.1 Å². The smallest absolute Gasteiger partial charge is 0.349 e. The van der Waals surface area contributed by atoms with Crippen LogP contribution in [0.5, 0.6) is 0 Å². The Kier molecular flexibility index (Phi) is 4.50. The summed E-state index contributed by atoms with van der Waals surface area (Å²) in [6, 6.07) is 6.12. The number of thiophene rings is 1. The van der Waals surface area contributed by atoms with E-state index in [2.05, 4.69) is 14.4 Å². The molecule has 21 heavy (non-hydrogen) atoms. The summed E-state index contributed by atoms with van der Waals surface area (Å²) in [5.41, 5.74) is 0.659. The number of halogens is 1. The summed E-state index contributed by atoms with van der Waals surface area (Å²) >= 11 is 6.64. The number of anilines is 1. The van der Waals surface area contributed by atoms with E-state index in [1.165, 1.54) is 19.2 Å². The first kappa shape index (κ1) is 15.7. The van der Waals surface area contributed by atoms with E-state index in [1.54, 1.807) is 19.1 Å². The lowest BCUT2D eigenvalue weighted by atomic mass is 10.4. The molecule has 0 amide bonds. The van der Waals surface area contributed by atoms with Crippen LogP contribution in [0.25, 0.3) is 0 Å². The summed E-state index contributed by atoms with van der Waals surface area (Å²) in [6.45, 7) is 1.74. The molecule has 2 aromatic rings. The van der Waals surface area contributed by atoms with Gasteiger partial charge in [-0.2, -0.15) is 0 Å². The number of nitrogens with one attached hydrogen (secondary N) is 1. The molecular weight excluding hydrogens is 336 g/mol. The van der Waals surface area contributed by atoms with Crippen molar-refractivity contribution in [2.45, 2.75) is 11.8 Å². The number of carbonyl (C=O) groups excluding carboxylic acids is 1. The standard InChI is InChI=1S/C12H11ClN2O4S2/c1-7-4-3-5-10(14-7)15-21(17,18)8-6-9(13)20-11(8)12(16)19-2/h3-6H,1-2H3,(H,14,15). The minimum Gasteiger partial charge on any atom is -0.465 e. The van der Waals surface area contributed by atoms with Crippen LogP contribution < -0.4 is 4.72 Å². The predicted molar refractivity (Wildman–Crippen MR) is 80.5 cm³/mol. The molecule has 0 aliphatic carbocycles. The van der Waals surface area contributed by atoms with Crippen LogP contribution in [0.1, 0.15) is 15.4 Å². The van der Waals surface area contributed by atoms with Gasteiger partial charge in [0.25, 0.3) is 10.0 Å². The summed E-state index contributed by atoms with van der Waals surface area (Å²) in [5, 5.41) is 0. The molecule has 0 radical (unpaired) electrons. The van der Waals surface area contributed by atoms with E-state index >= 15 is 0 Å². The minimum absolute atomic E-state index is 0.0809. The van der Waals surface area contributed by atoms with Gasteiger partial charge < -0.3 is 4.74 Å². The molecule has 0 saturated heterocycles. The van der Waals surface area contributed by atoms with Crippen LogP contribution in [0.15, 0.2) is 29.2 Å². The molecule has 2 heterocycles. The van der Waals surface area contributed by atoms with Gasteiger partial charge in [-0.3, -0.25) is 4.72 Å². The molecule has 2 aromatic heterocycles. The number of methoxy groups -OCH3 is 1. The summed E-state index contributed by atoms with van der Waals surface area (Å²) in [4.78, 5) is 15.4. The third kappa shape index (κ3) is 3.52. The maximum absolute atomic E-state index is 12.4. The maximum Gasteiger partial charge on any atom is 0.349 e. The van der Waals surface area contributed by atoms with E-state index in [9.17, 15) is 13.2 Å². The first-order chi connectivity index (χ1) is 9.83. The molecule has 2 rings (SSSR count). The number of ether oxygens (including phenoxy) is 1. The number of pyridine rings is 1. The molecule has 6 nitrogen and oxygen atoms in total. The van der Waals surface area contributed by atoms with Crippen LogP contribution in [0.4, 0.5) is 5.82 Å². The first-order valence-electron chi connectivity index (χ1n) is 5.67. The number of sulfonamides is 1. The largest absolute Gasteiger partial charge is 0.465 e. The van der Waals surface area contributed by atoms with Crippen molar-refractivity contribution in [3.63, 3.8) is 0 Å². The van der Waals surface area contributed by atoms with E-state index < -0.39 is 16.0 Å². The molecule has 0 spiro atoms. The Morgan fingerprint density at radius 3 is 2.76 bits per heavy atom. The van der Waals surface area contributed by atoms with E-state index in [4.69, 9.17) is 11.6 Å². The molecule has 0 atom stereocenters. The number of esters is 1. The third-order valence-corrected chi connectivity index (χ3v) is 5.21. The Hall–Kier alpha value is -1.64. The van der Waals surface area contributed by atoms with E-state index in [0.717, 1.165) is 11.3 Å². The van der Waals surface area contributed by atoms with Crippen molar-refractivity contribution in [3.05, 3.63) is 39.2 Å². The highest BCUT2D eigenvalue weighted by Gasteiger charge is 2.27. The number of aryl methyl sites for hydroxylation is 1. The van der Waals surface area contributed by atoms with Crippen molar-refractivity contribution in [2.75, 3.05) is 11.8 Å². The highest BCUT2D eigenvalue weighted by atomic mass is 35.5. The molecular formula is C12H11ClN2O4S2. The number of hydrogen-bond donors (Lipinski definition) is 1. The van der Waals surface area contributed by atoms with E-state index in [1.807, 2.05) is 0 Å². The normalized spacial score (nSPS) is 11.2. The molecule has 0 fully saturated rings. The number of nitrogens with zero attached hydrogens (tertiary/aromatic N) is 1. The molecule has 0 aliphatic heterocycles. The lowest BCUT2D eigenvalue weighted by Gasteiger charge is -2.07. The predicted octanol–water partition coefficient (Wildman–Crippen LogP) is 2.69. The van der Waals surface area contributed by atoms with E-state index in [-0.39, 0.29) is 19.9 Å². The van der Waals surface area contributed by atoms with Crippen molar-refractivity contribution < 1.29 is 17.9 Å². The van der Waals surface area contributed by atoms with Gasteiger partial charge >= 0.3 is 5.97 Å². The van der Waals surface area contributed by atoms with Crippen LogP contribution in [0.2, 0.25) is 4.34 Å². The van der Waals surface area contributed by atoms with Crippen LogP contribution in [0.3, 0.4) is 0 Å². The summed E-state index contributed by atoms with van der Waals surface area (Å²) in [6.07, 6.45) is 0. The van der Waals surface area contributed by atoms with Crippen LogP contribution in [0, 0.1) is 6.92 Å². The fraction of sp³-hybridized carbons (Fsp3) is 0.167. The molecule has 0 bridgehead atoms. The summed E-state index contributed by atoms with van der Waals surface area (Å²) in [7, 11) is -2.81. The lowest BCUT2D eigenvalue weighted by Crippen LogP contribution is -2.16. The van der Waals surface area contributed by atoms with Gasteiger partial charge in [0.15, 0.2) is 0 Å². The van der Waals surface area contributed by atoms with E-state index in [0.29, 0.717) is 5.69 Å². The summed E-state index contributed by atoms with van der Waals surface area (Å²) < 4.78 is 31.8. The van der Waals surface area contributed by atoms with Gasteiger partial charge in [0.05, 0.1) is 11.4 Å². The SMILES string of the molecule is COC(=O)c1sc(Cl)cc1S(=O)(=O)Nc1cccc(C)n1. The highest BCUT2D eigenvalue weighted by molar-refractivity contribution is 7.93. The van der Waals surface area contributed by atoms with Gasteiger partial charge in [-0.15, -0.1) is 11.3 Å². The minimum atomic E-state index is -3.98. The Morgan fingerprint density at radius 2 is 2.14 bits per heavy atom. The van der Waals surface area contributed by atoms with Crippen molar-refractivity contribution in [3.8, 4) is 0 Å². The Balaban J connectivity index is 2.43. The number of hydrogen-bond acceptors (Lipinski definition) is 6. The van der Waals surface area contributed by atoms with Crippen molar-refractivity contribution >= 4 is 44.7 Å². The fourth-order valence-corrected chi connectivity index (χ4v) is 4.30. The van der Waals surface area contributed by atoms with Gasteiger partial charge in [0, 0.05) is 5.69 Å². The fourth-order valence-electron chi connectivity index (χ4n) is 1.57. The zero-order chi connectivity index (χ0) is 15.6. The number of rotatable bonds is 4. The van der Waals surface area contributed by atoms with Crippen molar-refractivity contribution in [1.29, 1.82) is 0 Å². The second kappa shape index (κ2) is 6.00. The average molecular weight is 347 g/mol. The van der Waals surface area contributed by atoms with Crippen LogP contribution >= 0.6 is 22.9 Å². The van der Waals surface area contributed by atoms with Gasteiger partial charge in [0.1, 0.15) is 15.6 Å². The topological polar surface area (TPSA) is 85.4 Å². The highest BCUT2D eigenvalue weighted by Crippen LogP contribution is 2.31. The second-order valence-electron chi connectivity index (χ2n) is 4.01. The Morgan fingerprint density at radius 1 is 1.43 bits per heavy atom. The average Bonchev–Trinajstić information content (AvgIpc) is 2.80. The molecule has 112 valence electrons. The summed E-state index contributed by atoms with van der Waals surface area (Å²) in [5.74, 6) is -0.599. The molecule has 1 N–H and O–H groups in total. The van der Waals surface area contributed by atoms with Gasteiger partial charge in [-0.25, -0.2) is 18.2 Å². The monoisotopic (exact) mass is 346 g/mol. The molecule has 0 saturated carbocycles. The van der Waals surface area contributed by atoms with Crippen LogP contribution in [-0.2, 0) is 14.8 Å². The van der Waals surface area contributed by atoms with Crippen molar-refractivity contribution in [2.24, 2.45) is 0 Å². The van der Waals surface area contributed by atoms with Gasteiger partial charge in [0.2, 0.25) is 0 Å². The number of carbonyl (C=O) groups is 1. The maximum atomic E-state index is 12.4. The quantitative estimate of drug-likeness (QED) is 0.860.